The summed E-state index contributed by atoms with van der Waals surface area (Å²) in [7, 11) is 0. The third kappa shape index (κ3) is 4.37. The SMILES string of the molecule is O=C(N=c1sccn1Cc1ccccc1F)C1CCN(C(=O)c2ccoc2)CC1. The number of halogens is 1. The van der Waals surface area contributed by atoms with E-state index >= 15 is 0 Å². The van der Waals surface area contributed by atoms with Crippen LogP contribution in [-0.4, -0.2) is 34.4 Å². The predicted octanol–water partition coefficient (Wildman–Crippen LogP) is 3.31. The van der Waals surface area contributed by atoms with Crippen LogP contribution in [0, 0.1) is 11.7 Å². The van der Waals surface area contributed by atoms with E-state index in [9.17, 15) is 14.0 Å². The summed E-state index contributed by atoms with van der Waals surface area (Å²) in [6.07, 6.45) is 5.85. The van der Waals surface area contributed by atoms with Crippen LogP contribution in [0.2, 0.25) is 0 Å². The molecule has 3 heterocycles. The second-order valence-electron chi connectivity index (χ2n) is 6.93. The zero-order valence-electron chi connectivity index (χ0n) is 15.7. The number of likely N-dealkylation sites (tertiary alicyclic amines) is 1. The molecule has 0 spiro atoms. The van der Waals surface area contributed by atoms with Crippen molar-refractivity contribution in [1.82, 2.24) is 9.47 Å². The van der Waals surface area contributed by atoms with Crippen LogP contribution in [0.5, 0.6) is 0 Å². The number of hydrogen-bond acceptors (Lipinski definition) is 4. The van der Waals surface area contributed by atoms with Crippen molar-refractivity contribution < 1.29 is 18.4 Å². The number of hydrogen-bond donors (Lipinski definition) is 0. The highest BCUT2D eigenvalue weighted by Gasteiger charge is 2.28. The van der Waals surface area contributed by atoms with E-state index in [0.717, 1.165) is 0 Å². The Balaban J connectivity index is 1.41. The molecule has 0 radical (unpaired) electrons. The van der Waals surface area contributed by atoms with Gasteiger partial charge in [0.25, 0.3) is 11.8 Å². The van der Waals surface area contributed by atoms with Gasteiger partial charge in [-0.3, -0.25) is 9.59 Å². The number of benzene rings is 1. The summed E-state index contributed by atoms with van der Waals surface area (Å²) in [6.45, 7) is 1.34. The van der Waals surface area contributed by atoms with E-state index in [1.165, 1.54) is 29.9 Å². The second-order valence-corrected chi connectivity index (χ2v) is 7.81. The Kier molecular flexibility index (Phi) is 5.71. The molecule has 6 nitrogen and oxygen atoms in total. The molecule has 29 heavy (non-hydrogen) atoms. The van der Waals surface area contributed by atoms with Gasteiger partial charge in [0.2, 0.25) is 0 Å². The van der Waals surface area contributed by atoms with E-state index in [1.807, 2.05) is 5.38 Å². The molecule has 4 rings (SSSR count). The molecule has 2 aromatic heterocycles. The van der Waals surface area contributed by atoms with Crippen LogP contribution in [-0.2, 0) is 11.3 Å². The van der Waals surface area contributed by atoms with Gasteiger partial charge in [-0.2, -0.15) is 4.99 Å². The summed E-state index contributed by atoms with van der Waals surface area (Å²) in [4.78, 5) is 31.6. The largest absolute Gasteiger partial charge is 0.472 e. The van der Waals surface area contributed by atoms with Crippen molar-refractivity contribution in [3.8, 4) is 0 Å². The Labute approximate surface area is 170 Å². The Morgan fingerprint density at radius 2 is 2.00 bits per heavy atom. The van der Waals surface area contributed by atoms with Crippen molar-refractivity contribution in [2.45, 2.75) is 19.4 Å². The van der Waals surface area contributed by atoms with Crippen LogP contribution in [0.15, 0.2) is 63.8 Å². The maximum atomic E-state index is 13.9. The average molecular weight is 413 g/mol. The minimum absolute atomic E-state index is 0.0809. The number of aromatic nitrogens is 1. The number of carbonyl (C=O) groups is 2. The van der Waals surface area contributed by atoms with Crippen LogP contribution >= 0.6 is 11.3 Å². The third-order valence-electron chi connectivity index (χ3n) is 5.06. The lowest BCUT2D eigenvalue weighted by Crippen LogP contribution is -2.40. The number of nitrogens with zero attached hydrogens (tertiary/aromatic N) is 3. The van der Waals surface area contributed by atoms with Crippen molar-refractivity contribution in [1.29, 1.82) is 0 Å². The van der Waals surface area contributed by atoms with Gasteiger partial charge in [-0.1, -0.05) is 18.2 Å². The van der Waals surface area contributed by atoms with Crippen molar-refractivity contribution >= 4 is 23.2 Å². The number of carbonyl (C=O) groups excluding carboxylic acids is 2. The predicted molar refractivity (Wildman–Crippen MR) is 106 cm³/mol. The number of piperidine rings is 1. The fraction of sp³-hybridized carbons (Fsp3) is 0.286. The van der Waals surface area contributed by atoms with Crippen LogP contribution in [0.1, 0.15) is 28.8 Å². The first-order chi connectivity index (χ1) is 14.1. The van der Waals surface area contributed by atoms with E-state index in [-0.39, 0.29) is 23.5 Å². The van der Waals surface area contributed by atoms with Crippen molar-refractivity contribution in [2.24, 2.45) is 10.9 Å². The fourth-order valence-corrected chi connectivity index (χ4v) is 4.13. The number of amides is 2. The topological polar surface area (TPSA) is 67.8 Å². The highest BCUT2D eigenvalue weighted by Crippen LogP contribution is 2.20. The molecular weight excluding hydrogens is 393 g/mol. The second kappa shape index (κ2) is 8.57. The standard InChI is InChI=1S/C21H20FN3O3S/c22-18-4-2-1-3-16(18)13-25-10-12-29-21(25)23-19(26)15-5-8-24(9-6-15)20(27)17-7-11-28-14-17/h1-4,7,10-12,14-15H,5-6,8-9,13H2. The Morgan fingerprint density at radius 1 is 1.21 bits per heavy atom. The molecule has 0 atom stereocenters. The molecule has 0 bridgehead atoms. The number of furan rings is 1. The maximum Gasteiger partial charge on any atom is 0.257 e. The highest BCUT2D eigenvalue weighted by atomic mass is 32.1. The normalized spacial score (nSPS) is 15.6. The molecule has 0 unspecified atom stereocenters. The molecular formula is C21H20FN3O3S. The molecule has 0 aliphatic carbocycles. The van der Waals surface area contributed by atoms with Gasteiger partial charge in [0.15, 0.2) is 4.80 Å². The van der Waals surface area contributed by atoms with Gasteiger partial charge in [-0.15, -0.1) is 11.3 Å². The summed E-state index contributed by atoms with van der Waals surface area (Å²) < 4.78 is 20.7. The van der Waals surface area contributed by atoms with Gasteiger partial charge in [-0.25, -0.2) is 4.39 Å². The molecule has 2 amide bonds. The van der Waals surface area contributed by atoms with Gasteiger partial charge in [0, 0.05) is 36.1 Å². The van der Waals surface area contributed by atoms with Gasteiger partial charge in [0.05, 0.1) is 18.4 Å². The molecule has 0 saturated carbocycles. The molecule has 1 aliphatic heterocycles. The molecule has 1 saturated heterocycles. The van der Waals surface area contributed by atoms with E-state index in [0.29, 0.717) is 48.4 Å². The average Bonchev–Trinajstić information content (AvgIpc) is 3.42. The fourth-order valence-electron chi connectivity index (χ4n) is 3.40. The first-order valence-corrected chi connectivity index (χ1v) is 10.3. The zero-order valence-corrected chi connectivity index (χ0v) is 16.5. The van der Waals surface area contributed by atoms with Crippen molar-refractivity contribution in [3.05, 3.63) is 76.2 Å². The van der Waals surface area contributed by atoms with E-state index in [2.05, 4.69) is 4.99 Å². The van der Waals surface area contributed by atoms with Crippen molar-refractivity contribution in [3.63, 3.8) is 0 Å². The molecule has 1 aliphatic rings. The summed E-state index contributed by atoms with van der Waals surface area (Å²) >= 11 is 1.35. The Morgan fingerprint density at radius 3 is 2.72 bits per heavy atom. The number of rotatable bonds is 4. The molecule has 8 heteroatoms. The summed E-state index contributed by atoms with van der Waals surface area (Å²) in [5.74, 6) is -0.765. The first kappa shape index (κ1) is 19.3. The first-order valence-electron chi connectivity index (χ1n) is 9.39. The molecule has 1 aromatic carbocycles. The van der Waals surface area contributed by atoms with Crippen LogP contribution in [0.4, 0.5) is 4.39 Å². The molecule has 0 N–H and O–H groups in total. The maximum absolute atomic E-state index is 13.9. The van der Waals surface area contributed by atoms with Gasteiger partial charge >= 0.3 is 0 Å². The minimum Gasteiger partial charge on any atom is -0.472 e. The third-order valence-corrected chi connectivity index (χ3v) is 5.86. The lowest BCUT2D eigenvalue weighted by Gasteiger charge is -2.30. The quantitative estimate of drug-likeness (QED) is 0.659. The molecule has 1 fully saturated rings. The minimum atomic E-state index is -0.280. The molecule has 3 aromatic rings. The van der Waals surface area contributed by atoms with Crippen LogP contribution < -0.4 is 4.80 Å². The molecule has 150 valence electrons. The van der Waals surface area contributed by atoms with Crippen molar-refractivity contribution in [2.75, 3.05) is 13.1 Å². The van der Waals surface area contributed by atoms with Gasteiger partial charge in [-0.05, 0) is 25.0 Å². The lowest BCUT2D eigenvalue weighted by molar-refractivity contribution is -0.123. The smallest absolute Gasteiger partial charge is 0.257 e. The zero-order chi connectivity index (χ0) is 20.2. The van der Waals surface area contributed by atoms with Gasteiger partial charge in [0.1, 0.15) is 12.1 Å². The lowest BCUT2D eigenvalue weighted by atomic mass is 9.96. The van der Waals surface area contributed by atoms with E-state index in [1.54, 1.807) is 39.9 Å². The summed E-state index contributed by atoms with van der Waals surface area (Å²) in [5.41, 5.74) is 1.07. The Bertz CT molecular complexity index is 1060. The van der Waals surface area contributed by atoms with Crippen LogP contribution in [0.3, 0.4) is 0 Å². The highest BCUT2D eigenvalue weighted by molar-refractivity contribution is 7.07. The van der Waals surface area contributed by atoms with Crippen LogP contribution in [0.25, 0.3) is 0 Å². The van der Waals surface area contributed by atoms with Gasteiger partial charge < -0.3 is 13.9 Å². The van der Waals surface area contributed by atoms with E-state index < -0.39 is 0 Å². The number of thiazole rings is 1. The van der Waals surface area contributed by atoms with E-state index in [4.69, 9.17) is 4.42 Å². The summed E-state index contributed by atoms with van der Waals surface area (Å²) in [6, 6.07) is 8.21. The summed E-state index contributed by atoms with van der Waals surface area (Å²) in [5, 5.41) is 1.83. The Hall–Kier alpha value is -3.00. The monoisotopic (exact) mass is 413 g/mol.